The van der Waals surface area contributed by atoms with E-state index in [4.69, 9.17) is 14.9 Å². The molecule has 0 bridgehead atoms. The first-order valence-electron chi connectivity index (χ1n) is 8.00. The SMILES string of the molecule is CCOC(=O)c1ccc(S(=O)(=O)N(CCN)CCc2ccccc2)o1. The van der Waals surface area contributed by atoms with Crippen LogP contribution in [0.25, 0.3) is 0 Å². The molecule has 0 fully saturated rings. The minimum atomic E-state index is -3.88. The third-order valence-corrected chi connectivity index (χ3v) is 5.30. The summed E-state index contributed by atoms with van der Waals surface area (Å²) < 4.78 is 36.8. The van der Waals surface area contributed by atoms with Gasteiger partial charge in [0.2, 0.25) is 10.9 Å². The van der Waals surface area contributed by atoms with Gasteiger partial charge in [-0.05, 0) is 31.0 Å². The van der Waals surface area contributed by atoms with E-state index < -0.39 is 16.0 Å². The number of hydrogen-bond donors (Lipinski definition) is 1. The molecule has 25 heavy (non-hydrogen) atoms. The number of nitrogens with two attached hydrogens (primary N) is 1. The lowest BCUT2D eigenvalue weighted by Crippen LogP contribution is -2.36. The van der Waals surface area contributed by atoms with Crippen LogP contribution in [0, 0.1) is 0 Å². The van der Waals surface area contributed by atoms with Gasteiger partial charge in [0, 0.05) is 19.6 Å². The van der Waals surface area contributed by atoms with Crippen LogP contribution in [0.4, 0.5) is 0 Å². The zero-order valence-electron chi connectivity index (χ0n) is 14.1. The summed E-state index contributed by atoms with van der Waals surface area (Å²) in [5.41, 5.74) is 6.58. The molecule has 7 nitrogen and oxygen atoms in total. The van der Waals surface area contributed by atoms with Crippen LogP contribution in [0.15, 0.2) is 52.0 Å². The summed E-state index contributed by atoms with van der Waals surface area (Å²) in [5.74, 6) is -0.838. The monoisotopic (exact) mass is 366 g/mol. The lowest BCUT2D eigenvalue weighted by molar-refractivity contribution is 0.0483. The quantitative estimate of drug-likeness (QED) is 0.677. The first-order chi connectivity index (χ1) is 12.0. The Balaban J connectivity index is 2.16. The highest BCUT2D eigenvalue weighted by atomic mass is 32.2. The van der Waals surface area contributed by atoms with E-state index in [-0.39, 0.29) is 37.1 Å². The summed E-state index contributed by atoms with van der Waals surface area (Å²) >= 11 is 0. The molecule has 2 aromatic rings. The molecular formula is C17H22N2O5S. The van der Waals surface area contributed by atoms with E-state index in [9.17, 15) is 13.2 Å². The van der Waals surface area contributed by atoms with Gasteiger partial charge in [0.25, 0.3) is 10.0 Å². The Labute approximate surface area is 147 Å². The summed E-state index contributed by atoms with van der Waals surface area (Å²) in [6, 6.07) is 12.1. The van der Waals surface area contributed by atoms with Gasteiger partial charge in [-0.3, -0.25) is 0 Å². The minimum absolute atomic E-state index is 0.142. The number of sulfonamides is 1. The normalized spacial score (nSPS) is 11.6. The fourth-order valence-corrected chi connectivity index (χ4v) is 3.66. The van der Waals surface area contributed by atoms with Crippen molar-refractivity contribution < 1.29 is 22.4 Å². The average Bonchev–Trinajstić information content (AvgIpc) is 3.10. The number of esters is 1. The molecule has 0 saturated heterocycles. The van der Waals surface area contributed by atoms with Crippen molar-refractivity contribution in [2.45, 2.75) is 18.4 Å². The molecule has 0 radical (unpaired) electrons. The van der Waals surface area contributed by atoms with Gasteiger partial charge < -0.3 is 14.9 Å². The summed E-state index contributed by atoms with van der Waals surface area (Å²) in [6.45, 7) is 2.44. The highest BCUT2D eigenvalue weighted by Crippen LogP contribution is 2.20. The van der Waals surface area contributed by atoms with Crippen molar-refractivity contribution in [1.29, 1.82) is 0 Å². The maximum Gasteiger partial charge on any atom is 0.374 e. The maximum atomic E-state index is 12.8. The Morgan fingerprint density at radius 3 is 2.52 bits per heavy atom. The molecule has 0 aliphatic carbocycles. The van der Waals surface area contributed by atoms with Crippen molar-refractivity contribution in [2.24, 2.45) is 5.73 Å². The number of furan rings is 1. The number of benzene rings is 1. The van der Waals surface area contributed by atoms with Crippen LogP contribution >= 0.6 is 0 Å². The molecule has 0 aliphatic rings. The molecule has 1 heterocycles. The van der Waals surface area contributed by atoms with Crippen molar-refractivity contribution in [1.82, 2.24) is 4.31 Å². The van der Waals surface area contributed by atoms with E-state index in [2.05, 4.69) is 0 Å². The van der Waals surface area contributed by atoms with Crippen molar-refractivity contribution >= 4 is 16.0 Å². The van der Waals surface area contributed by atoms with Crippen LogP contribution in [0.1, 0.15) is 23.0 Å². The van der Waals surface area contributed by atoms with E-state index in [1.807, 2.05) is 30.3 Å². The second-order valence-electron chi connectivity index (χ2n) is 5.27. The molecule has 1 aromatic carbocycles. The largest absolute Gasteiger partial charge is 0.460 e. The summed E-state index contributed by atoms with van der Waals surface area (Å²) in [6.07, 6.45) is 0.547. The molecule has 0 atom stereocenters. The fraction of sp³-hybridized carbons (Fsp3) is 0.353. The van der Waals surface area contributed by atoms with Crippen LogP contribution in [0.5, 0.6) is 0 Å². The number of carbonyl (C=O) groups is 1. The standard InChI is InChI=1S/C17H22N2O5S/c1-2-23-17(20)15-8-9-16(24-15)25(21,22)19(13-11-18)12-10-14-6-4-3-5-7-14/h3-9H,2,10-13,18H2,1H3. The zero-order valence-corrected chi connectivity index (χ0v) is 14.9. The maximum absolute atomic E-state index is 12.8. The molecule has 0 unspecified atom stereocenters. The predicted octanol–water partition coefficient (Wildman–Crippen LogP) is 1.65. The molecule has 2 N–H and O–H groups in total. The van der Waals surface area contributed by atoms with Gasteiger partial charge in [-0.15, -0.1) is 0 Å². The Morgan fingerprint density at radius 1 is 1.16 bits per heavy atom. The summed E-state index contributed by atoms with van der Waals surface area (Å²) in [4.78, 5) is 11.6. The second-order valence-corrected chi connectivity index (χ2v) is 7.14. The van der Waals surface area contributed by atoms with E-state index in [0.29, 0.717) is 6.42 Å². The van der Waals surface area contributed by atoms with Crippen LogP contribution in [0.3, 0.4) is 0 Å². The van der Waals surface area contributed by atoms with Crippen molar-refractivity contribution in [3.63, 3.8) is 0 Å². The third-order valence-electron chi connectivity index (χ3n) is 3.52. The van der Waals surface area contributed by atoms with Crippen LogP contribution in [-0.2, 0) is 21.2 Å². The molecule has 0 amide bonds. The van der Waals surface area contributed by atoms with Crippen LogP contribution in [-0.4, -0.2) is 44.9 Å². The molecule has 0 spiro atoms. The average molecular weight is 366 g/mol. The smallest absolute Gasteiger partial charge is 0.374 e. The number of ether oxygens (including phenoxy) is 1. The van der Waals surface area contributed by atoms with Gasteiger partial charge in [0.05, 0.1) is 6.61 Å². The topological polar surface area (TPSA) is 103 Å². The Kier molecular flexibility index (Phi) is 6.74. The zero-order chi connectivity index (χ0) is 18.3. The van der Waals surface area contributed by atoms with Gasteiger partial charge in [0.1, 0.15) is 0 Å². The second kappa shape index (κ2) is 8.80. The Morgan fingerprint density at radius 2 is 1.88 bits per heavy atom. The molecule has 8 heteroatoms. The Bertz CT molecular complexity index is 786. The molecule has 136 valence electrons. The van der Waals surface area contributed by atoms with E-state index in [1.54, 1.807) is 6.92 Å². The van der Waals surface area contributed by atoms with Gasteiger partial charge in [-0.25, -0.2) is 13.2 Å². The molecule has 0 saturated carbocycles. The number of rotatable bonds is 9. The van der Waals surface area contributed by atoms with E-state index in [0.717, 1.165) is 5.56 Å². The number of carbonyl (C=O) groups excluding carboxylic acids is 1. The third kappa shape index (κ3) is 4.91. The van der Waals surface area contributed by atoms with Crippen molar-refractivity contribution in [2.75, 3.05) is 26.2 Å². The highest BCUT2D eigenvalue weighted by Gasteiger charge is 2.28. The molecule has 1 aromatic heterocycles. The summed E-state index contributed by atoms with van der Waals surface area (Å²) in [7, 11) is -3.88. The van der Waals surface area contributed by atoms with Crippen LogP contribution in [0.2, 0.25) is 0 Å². The fourth-order valence-electron chi connectivity index (χ4n) is 2.29. The van der Waals surface area contributed by atoms with Gasteiger partial charge in [0.15, 0.2) is 0 Å². The number of nitrogens with zero attached hydrogens (tertiary/aromatic N) is 1. The van der Waals surface area contributed by atoms with Crippen molar-refractivity contribution in [3.8, 4) is 0 Å². The minimum Gasteiger partial charge on any atom is -0.460 e. The van der Waals surface area contributed by atoms with E-state index in [1.165, 1.54) is 16.4 Å². The van der Waals surface area contributed by atoms with Gasteiger partial charge >= 0.3 is 5.97 Å². The van der Waals surface area contributed by atoms with Gasteiger partial charge in [-0.1, -0.05) is 30.3 Å². The highest BCUT2D eigenvalue weighted by molar-refractivity contribution is 7.89. The Hall–Kier alpha value is -2.16. The first kappa shape index (κ1) is 19.2. The molecular weight excluding hydrogens is 344 g/mol. The van der Waals surface area contributed by atoms with E-state index >= 15 is 0 Å². The van der Waals surface area contributed by atoms with Crippen molar-refractivity contribution in [3.05, 3.63) is 53.8 Å². The molecule has 2 rings (SSSR count). The number of hydrogen-bond acceptors (Lipinski definition) is 6. The predicted molar refractivity (Wildman–Crippen MR) is 92.6 cm³/mol. The lowest BCUT2D eigenvalue weighted by atomic mass is 10.1. The first-order valence-corrected chi connectivity index (χ1v) is 9.44. The molecule has 0 aliphatic heterocycles. The van der Waals surface area contributed by atoms with Crippen LogP contribution < -0.4 is 5.73 Å². The summed E-state index contributed by atoms with van der Waals surface area (Å²) in [5, 5.41) is -0.294. The lowest BCUT2D eigenvalue weighted by Gasteiger charge is -2.20. The van der Waals surface area contributed by atoms with Gasteiger partial charge in [-0.2, -0.15) is 4.31 Å².